The minimum atomic E-state index is -3.70. The van der Waals surface area contributed by atoms with Gasteiger partial charge in [0.05, 0.1) is 16.9 Å². The van der Waals surface area contributed by atoms with E-state index in [0.29, 0.717) is 0 Å². The van der Waals surface area contributed by atoms with E-state index in [4.69, 9.17) is 10.8 Å². The molecular weight excluding hydrogens is 312 g/mol. The van der Waals surface area contributed by atoms with Crippen LogP contribution in [0.3, 0.4) is 0 Å². The van der Waals surface area contributed by atoms with Crippen molar-refractivity contribution in [2.45, 2.75) is 11.1 Å². The molecule has 0 atom stereocenters. The SMILES string of the molecule is Cc1ccc(S(=O)(=O)N(C)c2ccc(C(=O)O)cc2N)s1. The molecule has 0 saturated carbocycles. The summed E-state index contributed by atoms with van der Waals surface area (Å²) in [5, 5.41) is 8.89. The molecule has 2 aromatic rings. The van der Waals surface area contributed by atoms with Gasteiger partial charge in [-0.25, -0.2) is 13.2 Å². The summed E-state index contributed by atoms with van der Waals surface area (Å²) < 4.78 is 26.2. The number of nitrogens with zero attached hydrogens (tertiary/aromatic N) is 1. The number of nitrogens with two attached hydrogens (primary N) is 1. The van der Waals surface area contributed by atoms with Crippen molar-refractivity contribution in [2.24, 2.45) is 0 Å². The first-order chi connectivity index (χ1) is 9.73. The Morgan fingerprint density at radius 3 is 2.43 bits per heavy atom. The van der Waals surface area contributed by atoms with Gasteiger partial charge in [0.15, 0.2) is 0 Å². The Labute approximate surface area is 126 Å². The Morgan fingerprint density at radius 2 is 1.95 bits per heavy atom. The molecule has 0 fully saturated rings. The number of carbonyl (C=O) groups is 1. The van der Waals surface area contributed by atoms with Gasteiger partial charge < -0.3 is 10.8 Å². The standard InChI is InChI=1S/C13H14N2O4S2/c1-8-3-6-12(20-8)21(18,19)15(2)11-5-4-9(13(16)17)7-10(11)14/h3-7H,14H2,1-2H3,(H,16,17). The number of aryl methyl sites for hydroxylation is 1. The van der Waals surface area contributed by atoms with E-state index in [0.717, 1.165) is 9.18 Å². The maximum Gasteiger partial charge on any atom is 0.335 e. The second-order valence-corrected chi connectivity index (χ2v) is 7.90. The van der Waals surface area contributed by atoms with Gasteiger partial charge in [-0.3, -0.25) is 4.31 Å². The zero-order valence-corrected chi connectivity index (χ0v) is 13.0. The first kappa shape index (κ1) is 15.3. The van der Waals surface area contributed by atoms with Crippen LogP contribution in [0.25, 0.3) is 0 Å². The van der Waals surface area contributed by atoms with Crippen LogP contribution in [-0.2, 0) is 10.0 Å². The molecule has 6 nitrogen and oxygen atoms in total. The number of thiophene rings is 1. The molecule has 3 N–H and O–H groups in total. The van der Waals surface area contributed by atoms with Crippen LogP contribution in [0.1, 0.15) is 15.2 Å². The molecule has 21 heavy (non-hydrogen) atoms. The molecule has 0 amide bonds. The lowest BCUT2D eigenvalue weighted by Gasteiger charge is -2.20. The minimum Gasteiger partial charge on any atom is -0.478 e. The van der Waals surface area contributed by atoms with Gasteiger partial charge in [0.25, 0.3) is 10.0 Å². The molecule has 112 valence electrons. The average Bonchev–Trinajstić information content (AvgIpc) is 2.85. The number of anilines is 2. The number of hydrogen-bond acceptors (Lipinski definition) is 5. The summed E-state index contributed by atoms with van der Waals surface area (Å²) in [6, 6.07) is 7.20. The van der Waals surface area contributed by atoms with Crippen molar-refractivity contribution < 1.29 is 18.3 Å². The second-order valence-electron chi connectivity index (χ2n) is 4.42. The number of benzene rings is 1. The molecule has 0 aliphatic rings. The summed E-state index contributed by atoms with van der Waals surface area (Å²) in [5.74, 6) is -1.12. The van der Waals surface area contributed by atoms with E-state index < -0.39 is 16.0 Å². The first-order valence-electron chi connectivity index (χ1n) is 5.91. The number of rotatable bonds is 4. The molecule has 0 aliphatic heterocycles. The molecule has 1 aromatic heterocycles. The summed E-state index contributed by atoms with van der Waals surface area (Å²) in [7, 11) is -2.32. The van der Waals surface area contributed by atoms with Crippen LogP contribution in [0.5, 0.6) is 0 Å². The number of hydrogen-bond donors (Lipinski definition) is 2. The molecule has 0 radical (unpaired) electrons. The lowest BCUT2D eigenvalue weighted by Crippen LogP contribution is -2.26. The lowest BCUT2D eigenvalue weighted by atomic mass is 10.2. The van der Waals surface area contributed by atoms with E-state index in [9.17, 15) is 13.2 Å². The molecule has 1 aromatic carbocycles. The maximum atomic E-state index is 12.5. The molecular formula is C13H14N2O4S2. The van der Waals surface area contributed by atoms with Gasteiger partial charge in [-0.15, -0.1) is 11.3 Å². The zero-order valence-electron chi connectivity index (χ0n) is 11.4. The van der Waals surface area contributed by atoms with Crippen LogP contribution >= 0.6 is 11.3 Å². The van der Waals surface area contributed by atoms with Gasteiger partial charge in [-0.2, -0.15) is 0 Å². The van der Waals surface area contributed by atoms with Gasteiger partial charge in [-0.1, -0.05) is 0 Å². The Hall–Kier alpha value is -2.06. The van der Waals surface area contributed by atoms with E-state index >= 15 is 0 Å². The Bertz CT molecular complexity index is 796. The third kappa shape index (κ3) is 2.86. The van der Waals surface area contributed by atoms with Crippen LogP contribution < -0.4 is 10.0 Å². The fraction of sp³-hybridized carbons (Fsp3) is 0.154. The van der Waals surface area contributed by atoms with Crippen molar-refractivity contribution in [1.29, 1.82) is 0 Å². The monoisotopic (exact) mass is 326 g/mol. The third-order valence-corrected chi connectivity index (χ3v) is 6.18. The van der Waals surface area contributed by atoms with E-state index in [1.54, 1.807) is 6.07 Å². The number of aromatic carboxylic acids is 1. The van der Waals surface area contributed by atoms with Gasteiger partial charge in [0.1, 0.15) is 4.21 Å². The summed E-state index contributed by atoms with van der Waals surface area (Å²) in [6.45, 7) is 1.82. The van der Waals surface area contributed by atoms with Crippen molar-refractivity contribution in [3.8, 4) is 0 Å². The number of carboxylic acid groups (broad SMARTS) is 1. The van der Waals surface area contributed by atoms with E-state index in [1.807, 2.05) is 6.92 Å². The van der Waals surface area contributed by atoms with E-state index in [2.05, 4.69) is 0 Å². The highest BCUT2D eigenvalue weighted by Crippen LogP contribution is 2.31. The van der Waals surface area contributed by atoms with Crippen molar-refractivity contribution in [3.05, 3.63) is 40.8 Å². The molecule has 0 aliphatic carbocycles. The predicted molar refractivity (Wildman–Crippen MR) is 82.5 cm³/mol. The number of carboxylic acids is 1. The fourth-order valence-electron chi connectivity index (χ4n) is 1.79. The Kier molecular flexibility index (Phi) is 3.93. The molecule has 1 heterocycles. The number of sulfonamides is 1. The maximum absolute atomic E-state index is 12.5. The molecule has 8 heteroatoms. The smallest absolute Gasteiger partial charge is 0.335 e. The summed E-state index contributed by atoms with van der Waals surface area (Å²) in [4.78, 5) is 11.8. The van der Waals surface area contributed by atoms with Crippen molar-refractivity contribution in [3.63, 3.8) is 0 Å². The quantitative estimate of drug-likeness (QED) is 0.839. The Morgan fingerprint density at radius 1 is 1.29 bits per heavy atom. The lowest BCUT2D eigenvalue weighted by molar-refractivity contribution is 0.0697. The molecule has 0 saturated heterocycles. The molecule has 0 unspecified atom stereocenters. The largest absolute Gasteiger partial charge is 0.478 e. The van der Waals surface area contributed by atoms with Crippen LogP contribution in [0.4, 0.5) is 11.4 Å². The minimum absolute atomic E-state index is 0.00835. The van der Waals surface area contributed by atoms with Crippen LogP contribution in [0.15, 0.2) is 34.5 Å². The number of nitrogen functional groups attached to an aromatic ring is 1. The van der Waals surface area contributed by atoms with E-state index in [-0.39, 0.29) is 21.1 Å². The second kappa shape index (κ2) is 5.38. The fourth-order valence-corrected chi connectivity index (χ4v) is 4.47. The average molecular weight is 326 g/mol. The normalized spacial score (nSPS) is 11.3. The molecule has 2 rings (SSSR count). The topological polar surface area (TPSA) is 101 Å². The van der Waals surface area contributed by atoms with Gasteiger partial charge >= 0.3 is 5.97 Å². The summed E-state index contributed by atoms with van der Waals surface area (Å²) >= 11 is 1.17. The van der Waals surface area contributed by atoms with Crippen LogP contribution in [0, 0.1) is 6.92 Å². The Balaban J connectivity index is 2.44. The molecule has 0 spiro atoms. The van der Waals surface area contributed by atoms with Crippen molar-refractivity contribution in [1.82, 2.24) is 0 Å². The molecule has 0 bridgehead atoms. The predicted octanol–water partition coefficient (Wildman–Crippen LogP) is 2.16. The third-order valence-electron chi connectivity index (χ3n) is 2.94. The zero-order chi connectivity index (χ0) is 15.8. The highest BCUT2D eigenvalue weighted by Gasteiger charge is 2.24. The van der Waals surface area contributed by atoms with E-state index in [1.165, 1.54) is 42.6 Å². The highest BCUT2D eigenvalue weighted by molar-refractivity contribution is 7.94. The van der Waals surface area contributed by atoms with Crippen molar-refractivity contribution >= 4 is 38.7 Å². The van der Waals surface area contributed by atoms with Crippen LogP contribution in [-0.4, -0.2) is 26.5 Å². The van der Waals surface area contributed by atoms with Gasteiger partial charge in [-0.05, 0) is 37.3 Å². The van der Waals surface area contributed by atoms with Crippen molar-refractivity contribution in [2.75, 3.05) is 17.1 Å². The highest BCUT2D eigenvalue weighted by atomic mass is 32.2. The summed E-state index contributed by atoms with van der Waals surface area (Å²) in [6.07, 6.45) is 0. The van der Waals surface area contributed by atoms with Gasteiger partial charge in [0.2, 0.25) is 0 Å². The van der Waals surface area contributed by atoms with Gasteiger partial charge in [0, 0.05) is 11.9 Å². The van der Waals surface area contributed by atoms with Crippen LogP contribution in [0.2, 0.25) is 0 Å². The first-order valence-corrected chi connectivity index (χ1v) is 8.17. The summed E-state index contributed by atoms with van der Waals surface area (Å²) in [5.41, 5.74) is 6.12.